The van der Waals surface area contributed by atoms with Crippen molar-refractivity contribution >= 4 is 17.5 Å². The second-order valence-electron chi connectivity index (χ2n) is 5.49. The highest BCUT2D eigenvalue weighted by atomic mass is 15.1. The fourth-order valence-electron chi connectivity index (χ4n) is 2.29. The van der Waals surface area contributed by atoms with Crippen molar-refractivity contribution in [3.05, 3.63) is 78.9 Å². The van der Waals surface area contributed by atoms with Gasteiger partial charge in [0, 0.05) is 23.9 Å². The molecule has 0 aliphatic heterocycles. The molecule has 1 heterocycles. The van der Waals surface area contributed by atoms with Gasteiger partial charge in [-0.15, -0.1) is 6.58 Å². The molecule has 0 atom stereocenters. The predicted molar refractivity (Wildman–Crippen MR) is 101 cm³/mol. The molecule has 2 aromatic carbocycles. The molecular formula is C20H20N4. The van der Waals surface area contributed by atoms with Crippen LogP contribution < -0.4 is 10.6 Å². The van der Waals surface area contributed by atoms with Gasteiger partial charge in [-0.1, -0.05) is 54.1 Å². The standard InChI is InChI=1S/C20H20N4/c1-3-13-21-19-14-18(16-7-5-4-6-8-16)23-20(24-19)22-17-11-9-15(2)10-12-17/h3-12,14H,1,13H2,2H3,(H2,21,22,23,24). The molecule has 0 aliphatic carbocycles. The molecule has 0 amide bonds. The molecule has 0 saturated carbocycles. The lowest BCUT2D eigenvalue weighted by Crippen LogP contribution is -2.05. The maximum atomic E-state index is 4.64. The van der Waals surface area contributed by atoms with Gasteiger partial charge in [0.15, 0.2) is 0 Å². The molecule has 0 spiro atoms. The van der Waals surface area contributed by atoms with Crippen molar-refractivity contribution in [2.45, 2.75) is 6.92 Å². The molecule has 0 radical (unpaired) electrons. The van der Waals surface area contributed by atoms with Crippen LogP contribution in [0.25, 0.3) is 11.3 Å². The summed E-state index contributed by atoms with van der Waals surface area (Å²) in [4.78, 5) is 9.17. The van der Waals surface area contributed by atoms with Crippen LogP contribution in [0.1, 0.15) is 5.56 Å². The van der Waals surface area contributed by atoms with E-state index in [2.05, 4.69) is 46.2 Å². The lowest BCUT2D eigenvalue weighted by Gasteiger charge is -2.11. The molecule has 120 valence electrons. The highest BCUT2D eigenvalue weighted by Gasteiger charge is 2.07. The molecule has 3 rings (SSSR count). The van der Waals surface area contributed by atoms with Gasteiger partial charge in [0.05, 0.1) is 5.69 Å². The van der Waals surface area contributed by atoms with E-state index in [1.54, 1.807) is 6.08 Å². The Morgan fingerprint density at radius 1 is 1.00 bits per heavy atom. The van der Waals surface area contributed by atoms with Crippen molar-refractivity contribution in [3.8, 4) is 11.3 Å². The minimum atomic E-state index is 0.562. The van der Waals surface area contributed by atoms with Gasteiger partial charge in [-0.2, -0.15) is 4.98 Å². The van der Waals surface area contributed by atoms with Gasteiger partial charge in [0.1, 0.15) is 5.82 Å². The monoisotopic (exact) mass is 316 g/mol. The van der Waals surface area contributed by atoms with Crippen LogP contribution in [-0.4, -0.2) is 16.5 Å². The van der Waals surface area contributed by atoms with E-state index in [-0.39, 0.29) is 0 Å². The van der Waals surface area contributed by atoms with E-state index in [1.807, 2.05) is 48.5 Å². The smallest absolute Gasteiger partial charge is 0.229 e. The van der Waals surface area contributed by atoms with Crippen LogP contribution >= 0.6 is 0 Å². The highest BCUT2D eigenvalue weighted by Crippen LogP contribution is 2.23. The zero-order valence-corrected chi connectivity index (χ0v) is 13.7. The third kappa shape index (κ3) is 3.98. The summed E-state index contributed by atoms with van der Waals surface area (Å²) < 4.78 is 0. The average molecular weight is 316 g/mol. The lowest BCUT2D eigenvalue weighted by atomic mass is 10.1. The van der Waals surface area contributed by atoms with E-state index in [0.717, 1.165) is 22.8 Å². The molecule has 0 unspecified atom stereocenters. The quantitative estimate of drug-likeness (QED) is 0.642. The van der Waals surface area contributed by atoms with Gasteiger partial charge < -0.3 is 10.6 Å². The van der Waals surface area contributed by atoms with E-state index in [9.17, 15) is 0 Å². The number of benzene rings is 2. The fourth-order valence-corrected chi connectivity index (χ4v) is 2.29. The first-order chi connectivity index (χ1) is 11.7. The largest absolute Gasteiger partial charge is 0.366 e. The summed E-state index contributed by atoms with van der Waals surface area (Å²) >= 11 is 0. The molecule has 4 heteroatoms. The Morgan fingerprint density at radius 3 is 2.46 bits per heavy atom. The number of nitrogens with one attached hydrogen (secondary N) is 2. The molecule has 1 aromatic heterocycles. The first-order valence-corrected chi connectivity index (χ1v) is 7.87. The fraction of sp³-hybridized carbons (Fsp3) is 0.100. The van der Waals surface area contributed by atoms with Gasteiger partial charge >= 0.3 is 0 Å². The molecule has 2 N–H and O–H groups in total. The molecule has 4 nitrogen and oxygen atoms in total. The third-order valence-electron chi connectivity index (χ3n) is 3.53. The second-order valence-corrected chi connectivity index (χ2v) is 5.49. The van der Waals surface area contributed by atoms with Crippen LogP contribution in [0.5, 0.6) is 0 Å². The van der Waals surface area contributed by atoms with Crippen LogP contribution in [0.3, 0.4) is 0 Å². The molecule has 0 saturated heterocycles. The number of hydrogen-bond acceptors (Lipinski definition) is 4. The topological polar surface area (TPSA) is 49.8 Å². The summed E-state index contributed by atoms with van der Waals surface area (Å²) in [6.45, 7) is 6.44. The van der Waals surface area contributed by atoms with Gasteiger partial charge in [-0.3, -0.25) is 0 Å². The SMILES string of the molecule is C=CCNc1cc(-c2ccccc2)nc(Nc2ccc(C)cc2)n1. The molecule has 3 aromatic rings. The summed E-state index contributed by atoms with van der Waals surface area (Å²) in [6, 6.07) is 20.2. The number of rotatable bonds is 6. The molecule has 0 fully saturated rings. The average Bonchev–Trinajstić information content (AvgIpc) is 2.62. The maximum absolute atomic E-state index is 4.64. The maximum Gasteiger partial charge on any atom is 0.229 e. The van der Waals surface area contributed by atoms with E-state index >= 15 is 0 Å². The number of aryl methyl sites for hydroxylation is 1. The van der Waals surface area contributed by atoms with E-state index in [1.165, 1.54) is 5.56 Å². The van der Waals surface area contributed by atoms with Gasteiger partial charge in [0.25, 0.3) is 0 Å². The van der Waals surface area contributed by atoms with E-state index in [4.69, 9.17) is 0 Å². The Morgan fingerprint density at radius 2 is 1.75 bits per heavy atom. The van der Waals surface area contributed by atoms with Crippen LogP contribution in [0.2, 0.25) is 0 Å². The summed E-state index contributed by atoms with van der Waals surface area (Å²) in [7, 11) is 0. The third-order valence-corrected chi connectivity index (χ3v) is 3.53. The Hall–Kier alpha value is -3.14. The number of nitrogens with zero attached hydrogens (tertiary/aromatic N) is 2. The zero-order valence-electron chi connectivity index (χ0n) is 13.7. The zero-order chi connectivity index (χ0) is 16.8. The number of anilines is 3. The summed E-state index contributed by atoms with van der Waals surface area (Å²) in [5.41, 5.74) is 4.09. The minimum absolute atomic E-state index is 0.562. The Bertz CT molecular complexity index is 811. The molecule has 24 heavy (non-hydrogen) atoms. The van der Waals surface area contributed by atoms with E-state index < -0.39 is 0 Å². The van der Waals surface area contributed by atoms with Crippen LogP contribution in [0.4, 0.5) is 17.5 Å². The Labute approximate surface area is 142 Å². The van der Waals surface area contributed by atoms with Crippen molar-refractivity contribution < 1.29 is 0 Å². The van der Waals surface area contributed by atoms with Crippen LogP contribution in [-0.2, 0) is 0 Å². The van der Waals surface area contributed by atoms with Gasteiger partial charge in [0.2, 0.25) is 5.95 Å². The van der Waals surface area contributed by atoms with Crippen LogP contribution in [0, 0.1) is 6.92 Å². The summed E-state index contributed by atoms with van der Waals surface area (Å²) in [5.74, 6) is 1.32. The predicted octanol–water partition coefficient (Wildman–Crippen LogP) is 4.79. The van der Waals surface area contributed by atoms with Crippen molar-refractivity contribution in [2.75, 3.05) is 17.2 Å². The minimum Gasteiger partial charge on any atom is -0.366 e. The van der Waals surface area contributed by atoms with E-state index in [0.29, 0.717) is 12.5 Å². The number of hydrogen-bond donors (Lipinski definition) is 2. The first kappa shape index (κ1) is 15.7. The van der Waals surface area contributed by atoms with Crippen molar-refractivity contribution in [2.24, 2.45) is 0 Å². The Balaban J connectivity index is 1.94. The Kier molecular flexibility index (Phi) is 4.87. The molecular weight excluding hydrogens is 296 g/mol. The first-order valence-electron chi connectivity index (χ1n) is 7.87. The van der Waals surface area contributed by atoms with Crippen LogP contribution in [0.15, 0.2) is 73.3 Å². The second kappa shape index (κ2) is 7.42. The van der Waals surface area contributed by atoms with Crippen molar-refractivity contribution in [1.82, 2.24) is 9.97 Å². The van der Waals surface area contributed by atoms with Gasteiger partial charge in [-0.25, -0.2) is 4.98 Å². The summed E-state index contributed by atoms with van der Waals surface area (Å²) in [6.07, 6.45) is 1.80. The van der Waals surface area contributed by atoms with Crippen molar-refractivity contribution in [3.63, 3.8) is 0 Å². The van der Waals surface area contributed by atoms with Crippen molar-refractivity contribution in [1.29, 1.82) is 0 Å². The highest BCUT2D eigenvalue weighted by molar-refractivity contribution is 5.66. The lowest BCUT2D eigenvalue weighted by molar-refractivity contribution is 1.14. The van der Waals surface area contributed by atoms with Gasteiger partial charge in [-0.05, 0) is 19.1 Å². The molecule has 0 bridgehead atoms. The normalized spacial score (nSPS) is 10.2. The molecule has 0 aliphatic rings. The number of aromatic nitrogens is 2. The summed E-state index contributed by atoms with van der Waals surface area (Å²) in [5, 5.41) is 6.50.